The fourth-order valence-corrected chi connectivity index (χ4v) is 3.97. The molecule has 0 spiro atoms. The van der Waals surface area contributed by atoms with E-state index in [1.807, 2.05) is 0 Å². The SMILES string of the molecule is Cc1noc(C2CCCN2S(=O)(=O)c2cccnc2)n1. The monoisotopic (exact) mass is 294 g/mol. The van der Waals surface area contributed by atoms with Gasteiger partial charge in [-0.1, -0.05) is 5.16 Å². The minimum Gasteiger partial charge on any atom is -0.338 e. The highest BCUT2D eigenvalue weighted by molar-refractivity contribution is 7.89. The smallest absolute Gasteiger partial charge is 0.245 e. The van der Waals surface area contributed by atoms with Gasteiger partial charge in [-0.05, 0) is 31.9 Å². The van der Waals surface area contributed by atoms with Crippen LogP contribution in [0.15, 0.2) is 33.9 Å². The van der Waals surface area contributed by atoms with Gasteiger partial charge in [0.05, 0.1) is 0 Å². The quantitative estimate of drug-likeness (QED) is 0.847. The van der Waals surface area contributed by atoms with Crippen molar-refractivity contribution >= 4 is 10.0 Å². The maximum Gasteiger partial charge on any atom is 0.245 e. The molecule has 1 saturated heterocycles. The molecule has 0 N–H and O–H groups in total. The predicted molar refractivity (Wildman–Crippen MR) is 69.1 cm³/mol. The van der Waals surface area contributed by atoms with Crippen molar-refractivity contribution in [1.29, 1.82) is 0 Å². The molecular weight excluding hydrogens is 280 g/mol. The van der Waals surface area contributed by atoms with Crippen LogP contribution in [-0.4, -0.2) is 34.4 Å². The minimum absolute atomic E-state index is 0.183. The molecule has 2 aromatic rings. The maximum absolute atomic E-state index is 12.6. The van der Waals surface area contributed by atoms with E-state index < -0.39 is 10.0 Å². The summed E-state index contributed by atoms with van der Waals surface area (Å²) < 4.78 is 31.8. The Kier molecular flexibility index (Phi) is 3.27. The van der Waals surface area contributed by atoms with Gasteiger partial charge in [-0.2, -0.15) is 9.29 Å². The van der Waals surface area contributed by atoms with E-state index in [1.54, 1.807) is 19.2 Å². The van der Waals surface area contributed by atoms with Gasteiger partial charge in [0.25, 0.3) is 0 Å². The number of nitrogens with zero attached hydrogens (tertiary/aromatic N) is 4. The highest BCUT2D eigenvalue weighted by atomic mass is 32.2. The van der Waals surface area contributed by atoms with E-state index in [-0.39, 0.29) is 10.9 Å². The van der Waals surface area contributed by atoms with Crippen molar-refractivity contribution in [3.63, 3.8) is 0 Å². The third-order valence-corrected chi connectivity index (χ3v) is 5.16. The average Bonchev–Trinajstić information content (AvgIpc) is 3.08. The van der Waals surface area contributed by atoms with Gasteiger partial charge in [-0.3, -0.25) is 4.98 Å². The highest BCUT2D eigenvalue weighted by Crippen LogP contribution is 2.35. The topological polar surface area (TPSA) is 89.2 Å². The molecule has 1 aliphatic heterocycles. The zero-order chi connectivity index (χ0) is 14.2. The average molecular weight is 294 g/mol. The Morgan fingerprint density at radius 2 is 2.30 bits per heavy atom. The van der Waals surface area contributed by atoms with Crippen molar-refractivity contribution in [2.75, 3.05) is 6.54 Å². The van der Waals surface area contributed by atoms with E-state index in [0.717, 1.165) is 6.42 Å². The van der Waals surface area contributed by atoms with Gasteiger partial charge in [0.2, 0.25) is 15.9 Å². The van der Waals surface area contributed by atoms with Gasteiger partial charge in [0.1, 0.15) is 10.9 Å². The lowest BCUT2D eigenvalue weighted by Gasteiger charge is -2.21. The van der Waals surface area contributed by atoms with Gasteiger partial charge in [-0.25, -0.2) is 8.42 Å². The molecular formula is C12H14N4O3S. The summed E-state index contributed by atoms with van der Waals surface area (Å²) in [6, 6.07) is 2.76. The first-order chi connectivity index (χ1) is 9.59. The Balaban J connectivity index is 1.97. The number of aromatic nitrogens is 3. The van der Waals surface area contributed by atoms with E-state index >= 15 is 0 Å². The molecule has 3 heterocycles. The summed E-state index contributed by atoms with van der Waals surface area (Å²) in [5.74, 6) is 0.859. The minimum atomic E-state index is -3.58. The van der Waals surface area contributed by atoms with Crippen molar-refractivity contribution in [1.82, 2.24) is 19.4 Å². The normalized spacial score (nSPS) is 20.4. The number of hydrogen-bond acceptors (Lipinski definition) is 6. The fourth-order valence-electron chi connectivity index (χ4n) is 2.36. The second kappa shape index (κ2) is 4.95. The van der Waals surface area contributed by atoms with E-state index in [1.165, 1.54) is 16.6 Å². The summed E-state index contributed by atoms with van der Waals surface area (Å²) >= 11 is 0. The van der Waals surface area contributed by atoms with Gasteiger partial charge in [-0.15, -0.1) is 0 Å². The standard InChI is InChI=1S/C12H14N4O3S/c1-9-14-12(19-15-9)11-5-3-7-16(11)20(17,18)10-4-2-6-13-8-10/h2,4,6,8,11H,3,5,7H2,1H3. The molecule has 3 rings (SSSR count). The maximum atomic E-state index is 12.6. The Hall–Kier alpha value is -1.80. The van der Waals surface area contributed by atoms with Gasteiger partial charge in [0.15, 0.2) is 5.82 Å². The van der Waals surface area contributed by atoms with Gasteiger partial charge < -0.3 is 4.52 Å². The fraction of sp³-hybridized carbons (Fsp3) is 0.417. The summed E-state index contributed by atoms with van der Waals surface area (Å²) in [7, 11) is -3.58. The van der Waals surface area contributed by atoms with Crippen LogP contribution in [0.25, 0.3) is 0 Å². The third kappa shape index (κ3) is 2.20. The predicted octanol–water partition coefficient (Wildman–Crippen LogP) is 1.30. The molecule has 20 heavy (non-hydrogen) atoms. The van der Waals surface area contributed by atoms with Crippen molar-refractivity contribution in [2.24, 2.45) is 0 Å². The van der Waals surface area contributed by atoms with E-state index in [4.69, 9.17) is 4.52 Å². The Morgan fingerprint density at radius 1 is 1.45 bits per heavy atom. The van der Waals surface area contributed by atoms with Crippen LogP contribution in [0.1, 0.15) is 30.6 Å². The van der Waals surface area contributed by atoms with Crippen LogP contribution < -0.4 is 0 Å². The van der Waals surface area contributed by atoms with Crippen molar-refractivity contribution < 1.29 is 12.9 Å². The molecule has 1 unspecified atom stereocenters. The Morgan fingerprint density at radius 3 is 2.95 bits per heavy atom. The van der Waals surface area contributed by atoms with Crippen molar-refractivity contribution in [2.45, 2.75) is 30.7 Å². The summed E-state index contributed by atoms with van der Waals surface area (Å²) in [6.07, 6.45) is 4.35. The Bertz CT molecular complexity index is 699. The Labute approximate surface area is 116 Å². The van der Waals surface area contributed by atoms with E-state index in [2.05, 4.69) is 15.1 Å². The number of pyridine rings is 1. The first-order valence-corrected chi connectivity index (χ1v) is 7.75. The molecule has 1 fully saturated rings. The van der Waals surface area contributed by atoms with Crippen LogP contribution >= 0.6 is 0 Å². The highest BCUT2D eigenvalue weighted by Gasteiger charge is 2.39. The summed E-state index contributed by atoms with van der Waals surface area (Å²) in [6.45, 7) is 2.16. The zero-order valence-corrected chi connectivity index (χ0v) is 11.7. The number of rotatable bonds is 3. The third-order valence-electron chi connectivity index (χ3n) is 3.27. The molecule has 7 nitrogen and oxygen atoms in total. The second-order valence-corrected chi connectivity index (χ2v) is 6.53. The molecule has 0 aromatic carbocycles. The van der Waals surface area contributed by atoms with Crippen LogP contribution in [0.2, 0.25) is 0 Å². The van der Waals surface area contributed by atoms with E-state index in [0.29, 0.717) is 24.7 Å². The van der Waals surface area contributed by atoms with Gasteiger partial charge >= 0.3 is 0 Å². The summed E-state index contributed by atoms with van der Waals surface area (Å²) in [4.78, 5) is 8.20. The summed E-state index contributed by atoms with van der Waals surface area (Å²) in [5.41, 5.74) is 0. The second-order valence-electron chi connectivity index (χ2n) is 4.64. The molecule has 0 bridgehead atoms. The lowest BCUT2D eigenvalue weighted by Crippen LogP contribution is -2.31. The molecule has 1 atom stereocenters. The van der Waals surface area contributed by atoms with Crippen LogP contribution in [0.3, 0.4) is 0 Å². The van der Waals surface area contributed by atoms with E-state index in [9.17, 15) is 8.42 Å². The van der Waals surface area contributed by atoms with Crippen LogP contribution in [0.4, 0.5) is 0 Å². The number of hydrogen-bond donors (Lipinski definition) is 0. The van der Waals surface area contributed by atoms with Crippen LogP contribution in [0, 0.1) is 6.92 Å². The largest absolute Gasteiger partial charge is 0.338 e. The van der Waals surface area contributed by atoms with Crippen LogP contribution in [-0.2, 0) is 10.0 Å². The molecule has 8 heteroatoms. The number of sulfonamides is 1. The molecule has 2 aromatic heterocycles. The van der Waals surface area contributed by atoms with Crippen molar-refractivity contribution in [3.05, 3.63) is 36.2 Å². The lowest BCUT2D eigenvalue weighted by molar-refractivity contribution is 0.289. The number of aryl methyl sites for hydroxylation is 1. The molecule has 0 amide bonds. The zero-order valence-electron chi connectivity index (χ0n) is 10.9. The molecule has 106 valence electrons. The molecule has 0 aliphatic carbocycles. The molecule has 1 aliphatic rings. The summed E-state index contributed by atoms with van der Waals surface area (Å²) in [5, 5.41) is 3.73. The molecule has 0 radical (unpaired) electrons. The lowest BCUT2D eigenvalue weighted by atomic mass is 10.2. The first-order valence-electron chi connectivity index (χ1n) is 6.31. The first kappa shape index (κ1) is 13.2. The van der Waals surface area contributed by atoms with Crippen LogP contribution in [0.5, 0.6) is 0 Å². The molecule has 0 saturated carbocycles. The van der Waals surface area contributed by atoms with Crippen molar-refractivity contribution in [3.8, 4) is 0 Å². The van der Waals surface area contributed by atoms with Gasteiger partial charge in [0, 0.05) is 18.9 Å².